The standard InChI is InChI=1S/C9H11FN2O4.C3H4F3NO/c1-5-2-6-4-11(3-5)9(15)12(6)16-7(10)8(13)14;1-7-2(8)3(4,5)6/h2,6-7H,3-4H2,1H3,(H,13,14);1H3,(H,7,8). The van der Waals surface area contributed by atoms with Crippen LogP contribution in [0.1, 0.15) is 6.92 Å². The fraction of sp³-hybridized carbons (Fsp3) is 0.583. The van der Waals surface area contributed by atoms with Crippen LogP contribution < -0.4 is 5.32 Å². The average molecular weight is 357 g/mol. The highest BCUT2D eigenvalue weighted by molar-refractivity contribution is 5.81. The Bertz CT molecular complexity index is 551. The Morgan fingerprint density at radius 1 is 1.46 bits per heavy atom. The maximum atomic E-state index is 12.9. The van der Waals surface area contributed by atoms with Gasteiger partial charge in [0, 0.05) is 20.1 Å². The van der Waals surface area contributed by atoms with Gasteiger partial charge in [0.15, 0.2) is 0 Å². The molecule has 2 aliphatic rings. The summed E-state index contributed by atoms with van der Waals surface area (Å²) in [6.07, 6.45) is -5.48. The van der Waals surface area contributed by atoms with Crippen LogP contribution in [0.3, 0.4) is 0 Å². The number of alkyl halides is 4. The molecule has 2 unspecified atom stereocenters. The van der Waals surface area contributed by atoms with E-state index in [1.54, 1.807) is 6.08 Å². The predicted octanol–water partition coefficient (Wildman–Crippen LogP) is 0.659. The lowest BCUT2D eigenvalue weighted by molar-refractivity contribution is -0.219. The van der Waals surface area contributed by atoms with Gasteiger partial charge in [-0.2, -0.15) is 18.2 Å². The van der Waals surface area contributed by atoms with Gasteiger partial charge in [-0.25, -0.2) is 18.8 Å². The number of rotatable bonds is 3. The van der Waals surface area contributed by atoms with Gasteiger partial charge in [0.1, 0.15) is 0 Å². The maximum Gasteiger partial charge on any atom is 0.471 e. The van der Waals surface area contributed by atoms with Crippen molar-refractivity contribution in [3.05, 3.63) is 11.6 Å². The number of carbonyl (C=O) groups excluding carboxylic acids is 2. The summed E-state index contributed by atoms with van der Waals surface area (Å²) in [5, 5.41) is 10.6. The largest absolute Gasteiger partial charge is 0.477 e. The van der Waals surface area contributed by atoms with Crippen molar-refractivity contribution in [3.8, 4) is 0 Å². The molecule has 0 aromatic heterocycles. The van der Waals surface area contributed by atoms with Crippen LogP contribution in [0, 0.1) is 0 Å². The third-order valence-corrected chi connectivity index (χ3v) is 2.97. The zero-order valence-corrected chi connectivity index (χ0v) is 12.6. The number of nitrogens with zero attached hydrogens (tertiary/aromatic N) is 2. The molecule has 0 aromatic rings. The molecule has 24 heavy (non-hydrogen) atoms. The molecular formula is C12H15F4N3O5. The quantitative estimate of drug-likeness (QED) is 0.571. The van der Waals surface area contributed by atoms with Crippen LogP contribution in [0.15, 0.2) is 11.6 Å². The fourth-order valence-corrected chi connectivity index (χ4v) is 2.00. The smallest absolute Gasteiger partial charge is 0.471 e. The number of carbonyl (C=O) groups is 3. The van der Waals surface area contributed by atoms with Crippen molar-refractivity contribution < 1.29 is 41.9 Å². The Hall–Kier alpha value is -2.37. The summed E-state index contributed by atoms with van der Waals surface area (Å²) in [6.45, 7) is 2.72. The Morgan fingerprint density at radius 3 is 2.46 bits per heavy atom. The summed E-state index contributed by atoms with van der Waals surface area (Å²) in [6, 6.07) is -0.902. The van der Waals surface area contributed by atoms with Crippen LogP contribution in [0.4, 0.5) is 22.4 Å². The first kappa shape index (κ1) is 19.7. The summed E-state index contributed by atoms with van der Waals surface area (Å²) in [4.78, 5) is 37.5. The van der Waals surface area contributed by atoms with E-state index in [0.717, 1.165) is 17.7 Å². The predicted molar refractivity (Wildman–Crippen MR) is 70.1 cm³/mol. The van der Waals surface area contributed by atoms with E-state index in [1.165, 1.54) is 10.2 Å². The topological polar surface area (TPSA) is 99.2 Å². The zero-order valence-electron chi connectivity index (χ0n) is 12.6. The molecule has 2 atom stereocenters. The van der Waals surface area contributed by atoms with Crippen molar-refractivity contribution in [2.45, 2.75) is 25.5 Å². The number of amides is 3. The van der Waals surface area contributed by atoms with Crippen LogP contribution in [0.2, 0.25) is 0 Å². The second-order valence-electron chi connectivity index (χ2n) is 4.91. The van der Waals surface area contributed by atoms with E-state index in [0.29, 0.717) is 13.1 Å². The molecule has 3 amide bonds. The minimum absolute atomic E-state index is 0.404. The van der Waals surface area contributed by atoms with Gasteiger partial charge in [-0.3, -0.25) is 4.79 Å². The van der Waals surface area contributed by atoms with Crippen LogP contribution in [0.25, 0.3) is 0 Å². The molecule has 0 aromatic carbocycles. The third-order valence-electron chi connectivity index (χ3n) is 2.97. The second kappa shape index (κ2) is 7.47. The minimum Gasteiger partial charge on any atom is -0.477 e. The normalized spacial score (nSPS) is 20.8. The molecule has 0 spiro atoms. The highest BCUT2D eigenvalue weighted by Crippen LogP contribution is 2.25. The molecule has 1 saturated heterocycles. The first-order valence-electron chi connectivity index (χ1n) is 6.55. The first-order valence-corrected chi connectivity index (χ1v) is 6.55. The van der Waals surface area contributed by atoms with Gasteiger partial charge < -0.3 is 15.3 Å². The number of carboxylic acid groups (broad SMARTS) is 1. The van der Waals surface area contributed by atoms with Gasteiger partial charge in [0.2, 0.25) is 0 Å². The van der Waals surface area contributed by atoms with E-state index >= 15 is 0 Å². The number of carboxylic acids is 1. The zero-order chi connectivity index (χ0) is 18.7. The number of aliphatic carboxylic acids is 1. The molecule has 1 fully saturated rings. The van der Waals surface area contributed by atoms with Crippen LogP contribution in [0.5, 0.6) is 0 Å². The van der Waals surface area contributed by atoms with E-state index in [4.69, 9.17) is 5.11 Å². The molecule has 2 aliphatic heterocycles. The number of hydrogen-bond acceptors (Lipinski definition) is 4. The van der Waals surface area contributed by atoms with Crippen LogP contribution in [-0.4, -0.2) is 71.7 Å². The Morgan fingerprint density at radius 2 is 2.04 bits per heavy atom. The van der Waals surface area contributed by atoms with Gasteiger partial charge in [-0.1, -0.05) is 11.6 Å². The summed E-state index contributed by atoms with van der Waals surface area (Å²) < 4.78 is 46.0. The SMILES string of the molecule is CC1=CC2CN(C1)C(=O)N2OC(F)C(=O)O.CNC(=O)C(F)(F)F. The summed E-state index contributed by atoms with van der Waals surface area (Å²) in [7, 11) is 0.926. The van der Waals surface area contributed by atoms with Crippen molar-refractivity contribution >= 4 is 17.9 Å². The Balaban J connectivity index is 0.000000307. The van der Waals surface area contributed by atoms with E-state index in [1.807, 2.05) is 6.92 Å². The molecule has 2 bridgehead atoms. The fourth-order valence-electron chi connectivity index (χ4n) is 2.00. The van der Waals surface area contributed by atoms with E-state index in [-0.39, 0.29) is 0 Å². The van der Waals surface area contributed by atoms with Crippen molar-refractivity contribution in [1.82, 2.24) is 15.3 Å². The number of halogens is 4. The lowest BCUT2D eigenvalue weighted by Crippen LogP contribution is -2.38. The molecule has 2 rings (SSSR count). The highest BCUT2D eigenvalue weighted by Gasteiger charge is 2.42. The van der Waals surface area contributed by atoms with E-state index < -0.39 is 36.5 Å². The Labute approximate surface area is 133 Å². The van der Waals surface area contributed by atoms with Gasteiger partial charge in [0.05, 0.1) is 6.04 Å². The average Bonchev–Trinajstić information content (AvgIpc) is 2.69. The second-order valence-corrected chi connectivity index (χ2v) is 4.91. The van der Waals surface area contributed by atoms with Gasteiger partial charge in [0.25, 0.3) is 0 Å². The highest BCUT2D eigenvalue weighted by atomic mass is 19.4. The van der Waals surface area contributed by atoms with Crippen molar-refractivity contribution in [1.29, 1.82) is 0 Å². The van der Waals surface area contributed by atoms with Gasteiger partial charge in [-0.05, 0) is 6.92 Å². The van der Waals surface area contributed by atoms with Crippen molar-refractivity contribution in [2.75, 3.05) is 20.1 Å². The van der Waals surface area contributed by atoms with E-state index in [9.17, 15) is 31.9 Å². The monoisotopic (exact) mass is 357 g/mol. The molecule has 0 radical (unpaired) electrons. The van der Waals surface area contributed by atoms with Gasteiger partial charge >= 0.3 is 30.4 Å². The summed E-state index contributed by atoms with van der Waals surface area (Å²) in [5.41, 5.74) is 0.974. The molecule has 0 aliphatic carbocycles. The van der Waals surface area contributed by atoms with Crippen molar-refractivity contribution in [2.24, 2.45) is 0 Å². The molecular weight excluding hydrogens is 342 g/mol. The summed E-state index contributed by atoms with van der Waals surface area (Å²) >= 11 is 0. The molecule has 2 N–H and O–H groups in total. The molecule has 12 heteroatoms. The lowest BCUT2D eigenvalue weighted by atomic mass is 10.1. The Kier molecular flexibility index (Phi) is 6.12. The molecule has 8 nitrogen and oxygen atoms in total. The number of hydroxylamine groups is 2. The number of fused-ring (bicyclic) bond motifs is 2. The van der Waals surface area contributed by atoms with Crippen molar-refractivity contribution in [3.63, 3.8) is 0 Å². The molecule has 136 valence electrons. The van der Waals surface area contributed by atoms with Crippen LogP contribution >= 0.6 is 0 Å². The number of urea groups is 1. The summed E-state index contributed by atoms with van der Waals surface area (Å²) in [5.74, 6) is -3.66. The number of nitrogens with one attached hydrogen (secondary N) is 1. The lowest BCUT2D eigenvalue weighted by Gasteiger charge is -2.20. The van der Waals surface area contributed by atoms with Crippen LogP contribution in [-0.2, 0) is 14.4 Å². The van der Waals surface area contributed by atoms with E-state index in [2.05, 4.69) is 4.84 Å². The molecule has 2 heterocycles. The maximum absolute atomic E-state index is 12.9. The minimum atomic E-state index is -4.74. The van der Waals surface area contributed by atoms with Gasteiger partial charge in [-0.15, -0.1) is 0 Å². The number of hydrogen-bond donors (Lipinski definition) is 2. The molecule has 0 saturated carbocycles. The first-order chi connectivity index (χ1) is 11.0. The third kappa shape index (κ3) is 4.81.